The molecule has 1 heterocycles. The maximum Gasteiger partial charge on any atom is 0.254 e. The number of hydrogen-bond acceptors (Lipinski definition) is 2. The molecule has 0 saturated heterocycles. The van der Waals surface area contributed by atoms with Crippen LogP contribution in [0.5, 0.6) is 0 Å². The van der Waals surface area contributed by atoms with Gasteiger partial charge in [0.25, 0.3) is 5.91 Å². The van der Waals surface area contributed by atoms with E-state index in [-0.39, 0.29) is 11.3 Å². The van der Waals surface area contributed by atoms with Crippen molar-refractivity contribution in [2.24, 2.45) is 5.41 Å². The Bertz CT molecular complexity index is 490. The zero-order chi connectivity index (χ0) is 15.5. The summed E-state index contributed by atoms with van der Waals surface area (Å²) in [6.45, 7) is 11.5. The first-order valence-corrected chi connectivity index (χ1v) is 8.04. The van der Waals surface area contributed by atoms with Gasteiger partial charge in [-0.05, 0) is 36.4 Å². The standard InChI is InChI=1S/C18H28N2O/c1-5-11-19-16(18(2,3)4)13-20-12-10-14-8-6-7-9-15(14)17(20)21/h6-9,16,19H,5,10-13H2,1-4H3. The SMILES string of the molecule is CCCNC(CN1CCc2ccccc2C1=O)C(C)(C)C. The van der Waals surface area contributed by atoms with E-state index in [1.807, 2.05) is 23.1 Å². The second-order valence-electron chi connectivity index (χ2n) is 7.03. The van der Waals surface area contributed by atoms with Crippen molar-refractivity contribution in [3.8, 4) is 0 Å². The molecule has 1 aromatic carbocycles. The van der Waals surface area contributed by atoms with Crippen molar-refractivity contribution in [2.75, 3.05) is 19.6 Å². The maximum absolute atomic E-state index is 12.7. The van der Waals surface area contributed by atoms with Crippen molar-refractivity contribution in [3.63, 3.8) is 0 Å². The summed E-state index contributed by atoms with van der Waals surface area (Å²) >= 11 is 0. The number of carbonyl (C=O) groups excluding carboxylic acids is 1. The van der Waals surface area contributed by atoms with E-state index in [1.54, 1.807) is 0 Å². The van der Waals surface area contributed by atoms with Crippen LogP contribution >= 0.6 is 0 Å². The first-order valence-electron chi connectivity index (χ1n) is 8.04. The molecule has 0 aromatic heterocycles. The Morgan fingerprint density at radius 1 is 1.29 bits per heavy atom. The molecule has 21 heavy (non-hydrogen) atoms. The molecule has 116 valence electrons. The van der Waals surface area contributed by atoms with E-state index in [1.165, 1.54) is 5.56 Å². The summed E-state index contributed by atoms with van der Waals surface area (Å²) < 4.78 is 0. The molecule has 1 aliphatic heterocycles. The van der Waals surface area contributed by atoms with Gasteiger partial charge < -0.3 is 10.2 Å². The summed E-state index contributed by atoms with van der Waals surface area (Å²) in [7, 11) is 0. The highest BCUT2D eigenvalue weighted by Crippen LogP contribution is 2.24. The summed E-state index contributed by atoms with van der Waals surface area (Å²) in [4.78, 5) is 14.7. The van der Waals surface area contributed by atoms with E-state index in [0.717, 1.165) is 38.0 Å². The van der Waals surface area contributed by atoms with Crippen LogP contribution in [0.3, 0.4) is 0 Å². The van der Waals surface area contributed by atoms with Crippen molar-refractivity contribution in [3.05, 3.63) is 35.4 Å². The number of fused-ring (bicyclic) bond motifs is 1. The van der Waals surface area contributed by atoms with Gasteiger partial charge in [0.1, 0.15) is 0 Å². The third-order valence-corrected chi connectivity index (χ3v) is 4.28. The predicted octanol–water partition coefficient (Wildman–Crippen LogP) is 3.10. The van der Waals surface area contributed by atoms with Gasteiger partial charge in [0.2, 0.25) is 0 Å². The van der Waals surface area contributed by atoms with Crippen molar-refractivity contribution in [2.45, 2.75) is 46.6 Å². The molecule has 0 bridgehead atoms. The van der Waals surface area contributed by atoms with Gasteiger partial charge in [0.15, 0.2) is 0 Å². The van der Waals surface area contributed by atoms with Crippen LogP contribution in [-0.4, -0.2) is 36.5 Å². The van der Waals surface area contributed by atoms with Gasteiger partial charge in [-0.2, -0.15) is 0 Å². The van der Waals surface area contributed by atoms with Crippen LogP contribution in [0, 0.1) is 5.41 Å². The Labute approximate surface area is 128 Å². The molecule has 2 rings (SSSR count). The zero-order valence-electron chi connectivity index (χ0n) is 13.8. The van der Waals surface area contributed by atoms with Gasteiger partial charge in [-0.1, -0.05) is 45.9 Å². The summed E-state index contributed by atoms with van der Waals surface area (Å²) in [5.74, 6) is 0.185. The lowest BCUT2D eigenvalue weighted by molar-refractivity contribution is 0.0686. The molecular weight excluding hydrogens is 260 g/mol. The summed E-state index contributed by atoms with van der Waals surface area (Å²) in [5.41, 5.74) is 2.21. The van der Waals surface area contributed by atoms with Crippen molar-refractivity contribution >= 4 is 5.91 Å². The number of rotatable bonds is 5. The van der Waals surface area contributed by atoms with Crippen LogP contribution in [0.15, 0.2) is 24.3 Å². The molecule has 1 amide bonds. The minimum atomic E-state index is 0.145. The summed E-state index contributed by atoms with van der Waals surface area (Å²) in [6.07, 6.45) is 2.08. The van der Waals surface area contributed by atoms with E-state index in [9.17, 15) is 4.79 Å². The van der Waals surface area contributed by atoms with Crippen molar-refractivity contribution < 1.29 is 4.79 Å². The predicted molar refractivity (Wildman–Crippen MR) is 87.6 cm³/mol. The van der Waals surface area contributed by atoms with Crippen LogP contribution in [0.1, 0.15) is 50.0 Å². The average Bonchev–Trinajstić information content (AvgIpc) is 2.44. The van der Waals surface area contributed by atoms with Crippen LogP contribution < -0.4 is 5.32 Å². The van der Waals surface area contributed by atoms with Gasteiger partial charge in [-0.25, -0.2) is 0 Å². The lowest BCUT2D eigenvalue weighted by atomic mass is 9.85. The number of nitrogens with zero attached hydrogens (tertiary/aromatic N) is 1. The molecule has 0 fully saturated rings. The third kappa shape index (κ3) is 3.85. The molecule has 3 nitrogen and oxygen atoms in total. The summed E-state index contributed by atoms with van der Waals surface area (Å²) in [5, 5.41) is 3.61. The van der Waals surface area contributed by atoms with Gasteiger partial charge >= 0.3 is 0 Å². The molecule has 1 aliphatic rings. The molecular formula is C18H28N2O. The molecule has 0 spiro atoms. The minimum Gasteiger partial charge on any atom is -0.337 e. The topological polar surface area (TPSA) is 32.3 Å². The number of benzene rings is 1. The Kier molecular flexibility index (Phi) is 5.04. The largest absolute Gasteiger partial charge is 0.337 e. The average molecular weight is 288 g/mol. The summed E-state index contributed by atoms with van der Waals surface area (Å²) in [6, 6.07) is 8.32. The van der Waals surface area contributed by atoms with Crippen LogP contribution in [0.4, 0.5) is 0 Å². The lowest BCUT2D eigenvalue weighted by Crippen LogP contribution is -2.51. The van der Waals surface area contributed by atoms with E-state index < -0.39 is 0 Å². The van der Waals surface area contributed by atoms with Gasteiger partial charge in [-0.3, -0.25) is 4.79 Å². The Hall–Kier alpha value is -1.35. The van der Waals surface area contributed by atoms with Crippen molar-refractivity contribution in [1.82, 2.24) is 10.2 Å². The minimum absolute atomic E-state index is 0.145. The highest BCUT2D eigenvalue weighted by atomic mass is 16.2. The molecule has 3 heteroatoms. The van der Waals surface area contributed by atoms with Gasteiger partial charge in [0.05, 0.1) is 0 Å². The fraction of sp³-hybridized carbons (Fsp3) is 0.611. The molecule has 0 aliphatic carbocycles. The number of carbonyl (C=O) groups is 1. The quantitative estimate of drug-likeness (QED) is 0.903. The van der Waals surface area contributed by atoms with Crippen molar-refractivity contribution in [1.29, 1.82) is 0 Å². The fourth-order valence-corrected chi connectivity index (χ4v) is 2.83. The first kappa shape index (κ1) is 16.0. The molecule has 0 saturated carbocycles. The Morgan fingerprint density at radius 2 is 2.00 bits per heavy atom. The van der Waals surface area contributed by atoms with Crippen LogP contribution in [0.2, 0.25) is 0 Å². The monoisotopic (exact) mass is 288 g/mol. The van der Waals surface area contributed by atoms with E-state index in [0.29, 0.717) is 6.04 Å². The smallest absolute Gasteiger partial charge is 0.254 e. The third-order valence-electron chi connectivity index (χ3n) is 4.28. The van der Waals surface area contributed by atoms with E-state index >= 15 is 0 Å². The Balaban J connectivity index is 2.10. The highest BCUT2D eigenvalue weighted by molar-refractivity contribution is 5.96. The van der Waals surface area contributed by atoms with Crippen LogP contribution in [0.25, 0.3) is 0 Å². The Morgan fingerprint density at radius 3 is 2.67 bits per heavy atom. The molecule has 1 N–H and O–H groups in total. The van der Waals surface area contributed by atoms with Gasteiger partial charge in [0, 0.05) is 24.7 Å². The second kappa shape index (κ2) is 6.61. The molecule has 1 aromatic rings. The number of nitrogens with one attached hydrogen (secondary N) is 1. The molecule has 1 atom stereocenters. The first-order chi connectivity index (χ1) is 9.93. The van der Waals surface area contributed by atoms with E-state index in [2.05, 4.69) is 39.1 Å². The van der Waals surface area contributed by atoms with Crippen LogP contribution in [-0.2, 0) is 6.42 Å². The highest BCUT2D eigenvalue weighted by Gasteiger charge is 2.30. The normalized spacial score (nSPS) is 16.8. The van der Waals surface area contributed by atoms with E-state index in [4.69, 9.17) is 0 Å². The number of amides is 1. The molecule has 0 radical (unpaired) electrons. The number of hydrogen-bond donors (Lipinski definition) is 1. The van der Waals surface area contributed by atoms with Gasteiger partial charge in [-0.15, -0.1) is 0 Å². The lowest BCUT2D eigenvalue weighted by Gasteiger charge is -2.38. The maximum atomic E-state index is 12.7. The fourth-order valence-electron chi connectivity index (χ4n) is 2.83. The second-order valence-corrected chi connectivity index (χ2v) is 7.03. The molecule has 1 unspecified atom stereocenters. The zero-order valence-corrected chi connectivity index (χ0v) is 13.8.